The van der Waals surface area contributed by atoms with E-state index in [0.29, 0.717) is 27.8 Å². The number of hydrogen-bond acceptors (Lipinski definition) is 2. The Labute approximate surface area is 127 Å². The van der Waals surface area contributed by atoms with Crippen molar-refractivity contribution in [3.63, 3.8) is 0 Å². The second-order valence-corrected chi connectivity index (χ2v) is 5.34. The predicted molar refractivity (Wildman–Crippen MR) is 83.1 cm³/mol. The number of benzene rings is 2. The summed E-state index contributed by atoms with van der Waals surface area (Å²) in [6.07, 6.45) is 0. The summed E-state index contributed by atoms with van der Waals surface area (Å²) in [4.78, 5) is 14.0. The molecule has 0 atom stereocenters. The average molecular weight is 309 g/mol. The molecule has 2 rings (SSSR count). The van der Waals surface area contributed by atoms with Crippen molar-refractivity contribution < 1.29 is 4.79 Å². The van der Waals surface area contributed by atoms with Crippen LogP contribution >= 0.6 is 23.2 Å². The van der Waals surface area contributed by atoms with Gasteiger partial charge in [-0.25, -0.2) is 0 Å². The van der Waals surface area contributed by atoms with E-state index in [0.717, 1.165) is 5.56 Å². The normalized spacial score (nSPS) is 10.3. The third-order valence-electron chi connectivity index (χ3n) is 2.94. The van der Waals surface area contributed by atoms with Crippen molar-refractivity contribution in [1.82, 2.24) is 4.90 Å². The van der Waals surface area contributed by atoms with Crippen LogP contribution in [0.1, 0.15) is 15.9 Å². The van der Waals surface area contributed by atoms with Gasteiger partial charge in [0.2, 0.25) is 0 Å². The minimum Gasteiger partial charge on any atom is -0.398 e. The highest BCUT2D eigenvalue weighted by Gasteiger charge is 2.18. The molecular weight excluding hydrogens is 295 g/mol. The van der Waals surface area contributed by atoms with Gasteiger partial charge in [-0.1, -0.05) is 41.4 Å². The average Bonchev–Trinajstić information content (AvgIpc) is 2.41. The van der Waals surface area contributed by atoms with Crippen LogP contribution in [0.2, 0.25) is 10.0 Å². The van der Waals surface area contributed by atoms with Crippen LogP contribution in [-0.2, 0) is 6.54 Å². The maximum absolute atomic E-state index is 12.4. The van der Waals surface area contributed by atoms with Crippen molar-refractivity contribution in [3.05, 3.63) is 63.6 Å². The summed E-state index contributed by atoms with van der Waals surface area (Å²) in [7, 11) is 1.71. The lowest BCUT2D eigenvalue weighted by atomic mass is 10.1. The first-order chi connectivity index (χ1) is 9.49. The van der Waals surface area contributed by atoms with Crippen LogP contribution in [0, 0.1) is 0 Å². The molecule has 0 fully saturated rings. The molecule has 0 unspecified atom stereocenters. The summed E-state index contributed by atoms with van der Waals surface area (Å²) >= 11 is 11.9. The molecule has 2 aromatic rings. The van der Waals surface area contributed by atoms with Gasteiger partial charge < -0.3 is 10.6 Å². The van der Waals surface area contributed by atoms with E-state index in [9.17, 15) is 4.79 Å². The van der Waals surface area contributed by atoms with Gasteiger partial charge in [-0.2, -0.15) is 0 Å². The molecule has 2 N–H and O–H groups in total. The first-order valence-corrected chi connectivity index (χ1v) is 6.78. The third kappa shape index (κ3) is 3.24. The van der Waals surface area contributed by atoms with Crippen molar-refractivity contribution in [3.8, 4) is 0 Å². The lowest BCUT2D eigenvalue weighted by Gasteiger charge is -2.19. The predicted octanol–water partition coefficient (Wildman–Crippen LogP) is 3.85. The Kier molecular flexibility index (Phi) is 4.53. The number of nitrogens with zero attached hydrogens (tertiary/aromatic N) is 1. The number of hydrogen-bond donors (Lipinski definition) is 1. The Balaban J connectivity index is 2.18. The number of nitrogens with two attached hydrogens (primary N) is 1. The topological polar surface area (TPSA) is 46.3 Å². The van der Waals surface area contributed by atoms with Crippen LogP contribution in [0.4, 0.5) is 5.69 Å². The number of rotatable bonds is 3. The van der Waals surface area contributed by atoms with Crippen LogP contribution in [-0.4, -0.2) is 17.9 Å². The van der Waals surface area contributed by atoms with Crippen LogP contribution in [0.3, 0.4) is 0 Å². The molecule has 20 heavy (non-hydrogen) atoms. The van der Waals surface area contributed by atoms with E-state index in [-0.39, 0.29) is 5.91 Å². The van der Waals surface area contributed by atoms with Gasteiger partial charge in [0.1, 0.15) is 0 Å². The number of carbonyl (C=O) groups is 1. The Bertz CT molecular complexity index is 606. The SMILES string of the molecule is CN(Cc1ccc(Cl)cc1)C(=O)c1c(N)cccc1Cl. The van der Waals surface area contributed by atoms with E-state index in [2.05, 4.69) is 0 Å². The third-order valence-corrected chi connectivity index (χ3v) is 3.51. The fraction of sp³-hybridized carbons (Fsp3) is 0.133. The zero-order valence-corrected chi connectivity index (χ0v) is 12.4. The first kappa shape index (κ1) is 14.7. The van der Waals surface area contributed by atoms with Crippen LogP contribution < -0.4 is 5.73 Å². The van der Waals surface area contributed by atoms with E-state index in [1.165, 1.54) is 0 Å². The van der Waals surface area contributed by atoms with Gasteiger partial charge in [-0.05, 0) is 29.8 Å². The summed E-state index contributed by atoms with van der Waals surface area (Å²) in [5.74, 6) is -0.206. The summed E-state index contributed by atoms with van der Waals surface area (Å²) in [5, 5.41) is 1.02. The van der Waals surface area contributed by atoms with E-state index < -0.39 is 0 Å². The molecule has 5 heteroatoms. The Morgan fingerprint density at radius 1 is 1.15 bits per heavy atom. The maximum atomic E-state index is 12.4. The standard InChI is InChI=1S/C15H14Cl2N2O/c1-19(9-10-5-7-11(16)8-6-10)15(20)14-12(17)3-2-4-13(14)18/h2-8H,9,18H2,1H3. The molecular formula is C15H14Cl2N2O. The number of nitrogen functional groups attached to an aromatic ring is 1. The monoisotopic (exact) mass is 308 g/mol. The van der Waals surface area contributed by atoms with Gasteiger partial charge in [-0.15, -0.1) is 0 Å². The number of anilines is 1. The molecule has 0 aliphatic rings. The zero-order valence-electron chi connectivity index (χ0n) is 10.9. The first-order valence-electron chi connectivity index (χ1n) is 6.03. The lowest BCUT2D eigenvalue weighted by molar-refractivity contribution is 0.0786. The molecule has 104 valence electrons. The van der Waals surface area contributed by atoms with Gasteiger partial charge in [0.05, 0.1) is 10.6 Å². The molecule has 0 aliphatic carbocycles. The molecule has 0 spiro atoms. The Morgan fingerprint density at radius 2 is 1.80 bits per heavy atom. The van der Waals surface area contributed by atoms with Crippen molar-refractivity contribution in [1.29, 1.82) is 0 Å². The molecule has 1 amide bonds. The number of amides is 1. The lowest BCUT2D eigenvalue weighted by Crippen LogP contribution is -2.27. The fourth-order valence-corrected chi connectivity index (χ4v) is 2.28. The minimum absolute atomic E-state index is 0.206. The second-order valence-electron chi connectivity index (χ2n) is 4.49. The van der Waals surface area contributed by atoms with Gasteiger partial charge in [-0.3, -0.25) is 4.79 Å². The van der Waals surface area contributed by atoms with E-state index >= 15 is 0 Å². The molecule has 0 aromatic heterocycles. The Morgan fingerprint density at radius 3 is 2.40 bits per heavy atom. The van der Waals surface area contributed by atoms with Crippen LogP contribution in [0.15, 0.2) is 42.5 Å². The van der Waals surface area contributed by atoms with Crippen molar-refractivity contribution in [2.45, 2.75) is 6.54 Å². The molecule has 0 radical (unpaired) electrons. The molecule has 3 nitrogen and oxygen atoms in total. The van der Waals surface area contributed by atoms with E-state index in [4.69, 9.17) is 28.9 Å². The quantitative estimate of drug-likeness (QED) is 0.875. The van der Waals surface area contributed by atoms with E-state index in [1.54, 1.807) is 42.3 Å². The highest BCUT2D eigenvalue weighted by Crippen LogP contribution is 2.24. The number of halogens is 2. The smallest absolute Gasteiger partial charge is 0.257 e. The molecule has 0 saturated heterocycles. The Hall–Kier alpha value is -1.71. The minimum atomic E-state index is -0.206. The summed E-state index contributed by atoms with van der Waals surface area (Å²) < 4.78 is 0. The van der Waals surface area contributed by atoms with Gasteiger partial charge in [0.25, 0.3) is 5.91 Å². The molecule has 0 aliphatic heterocycles. The van der Waals surface area contributed by atoms with Gasteiger partial charge in [0.15, 0.2) is 0 Å². The summed E-state index contributed by atoms with van der Waals surface area (Å²) in [6, 6.07) is 12.4. The highest BCUT2D eigenvalue weighted by atomic mass is 35.5. The highest BCUT2D eigenvalue weighted by molar-refractivity contribution is 6.34. The van der Waals surface area contributed by atoms with Crippen molar-refractivity contribution in [2.75, 3.05) is 12.8 Å². The van der Waals surface area contributed by atoms with Crippen molar-refractivity contribution >= 4 is 34.8 Å². The summed E-state index contributed by atoms with van der Waals surface area (Å²) in [5.41, 5.74) is 7.52. The van der Waals surface area contributed by atoms with Crippen molar-refractivity contribution in [2.24, 2.45) is 0 Å². The fourth-order valence-electron chi connectivity index (χ4n) is 1.89. The van der Waals surface area contributed by atoms with Crippen LogP contribution in [0.25, 0.3) is 0 Å². The second kappa shape index (κ2) is 6.16. The van der Waals surface area contributed by atoms with E-state index in [1.807, 2.05) is 12.1 Å². The zero-order chi connectivity index (χ0) is 14.7. The molecule has 2 aromatic carbocycles. The maximum Gasteiger partial charge on any atom is 0.257 e. The molecule has 0 bridgehead atoms. The summed E-state index contributed by atoms with van der Waals surface area (Å²) in [6.45, 7) is 0.459. The van der Waals surface area contributed by atoms with Gasteiger partial charge >= 0.3 is 0 Å². The molecule has 0 saturated carbocycles. The van der Waals surface area contributed by atoms with Crippen LogP contribution in [0.5, 0.6) is 0 Å². The molecule has 0 heterocycles. The van der Waals surface area contributed by atoms with Gasteiger partial charge in [0, 0.05) is 24.3 Å². The number of carbonyl (C=O) groups excluding carboxylic acids is 1. The largest absolute Gasteiger partial charge is 0.398 e.